The van der Waals surface area contributed by atoms with E-state index in [-0.39, 0.29) is 24.6 Å². The van der Waals surface area contributed by atoms with Gasteiger partial charge in [0.15, 0.2) is 0 Å². The van der Waals surface area contributed by atoms with Crippen LogP contribution in [-0.4, -0.2) is 24.3 Å². The molecule has 0 aromatic heterocycles. The SMILES string of the molecule is Cc1ccccc1C(C)NC(=O)NCC(C)CCO. The Labute approximate surface area is 115 Å². The lowest BCUT2D eigenvalue weighted by atomic mass is 10.0. The van der Waals surface area contributed by atoms with E-state index in [1.807, 2.05) is 45.0 Å². The number of urea groups is 1. The van der Waals surface area contributed by atoms with Crippen molar-refractivity contribution in [1.29, 1.82) is 0 Å². The molecule has 106 valence electrons. The van der Waals surface area contributed by atoms with Crippen molar-refractivity contribution >= 4 is 6.03 Å². The quantitative estimate of drug-likeness (QED) is 0.738. The van der Waals surface area contributed by atoms with Crippen molar-refractivity contribution in [2.24, 2.45) is 5.92 Å². The van der Waals surface area contributed by atoms with Crippen molar-refractivity contribution in [1.82, 2.24) is 10.6 Å². The predicted octanol–water partition coefficient (Wildman–Crippen LogP) is 2.37. The predicted molar refractivity (Wildman–Crippen MR) is 77.0 cm³/mol. The molecule has 1 aromatic carbocycles. The molecule has 4 heteroatoms. The van der Waals surface area contributed by atoms with Crippen LogP contribution in [0.4, 0.5) is 4.79 Å². The van der Waals surface area contributed by atoms with Gasteiger partial charge in [0.05, 0.1) is 6.04 Å². The zero-order chi connectivity index (χ0) is 14.3. The summed E-state index contributed by atoms with van der Waals surface area (Å²) in [6.07, 6.45) is 0.702. The van der Waals surface area contributed by atoms with Gasteiger partial charge in [-0.2, -0.15) is 0 Å². The van der Waals surface area contributed by atoms with Gasteiger partial charge in [-0.15, -0.1) is 0 Å². The minimum atomic E-state index is -0.166. The molecule has 0 aliphatic rings. The van der Waals surface area contributed by atoms with E-state index < -0.39 is 0 Å². The van der Waals surface area contributed by atoms with Crippen LogP contribution >= 0.6 is 0 Å². The number of aliphatic hydroxyl groups excluding tert-OH is 1. The van der Waals surface area contributed by atoms with Gasteiger partial charge < -0.3 is 15.7 Å². The van der Waals surface area contributed by atoms with Crippen molar-refractivity contribution in [2.45, 2.75) is 33.2 Å². The number of aliphatic hydroxyl groups is 1. The summed E-state index contributed by atoms with van der Waals surface area (Å²) in [5.74, 6) is 0.282. The van der Waals surface area contributed by atoms with Crippen LogP contribution in [0.3, 0.4) is 0 Å². The summed E-state index contributed by atoms with van der Waals surface area (Å²) in [4.78, 5) is 11.8. The maximum absolute atomic E-state index is 11.8. The molecule has 4 nitrogen and oxygen atoms in total. The molecule has 1 rings (SSSR count). The van der Waals surface area contributed by atoms with Gasteiger partial charge >= 0.3 is 6.03 Å². The van der Waals surface area contributed by atoms with Crippen molar-refractivity contribution in [3.63, 3.8) is 0 Å². The third-order valence-corrected chi connectivity index (χ3v) is 3.24. The van der Waals surface area contributed by atoms with Crippen molar-refractivity contribution < 1.29 is 9.90 Å². The molecule has 1 aromatic rings. The van der Waals surface area contributed by atoms with Gasteiger partial charge in [0.1, 0.15) is 0 Å². The Bertz CT molecular complexity index is 407. The standard InChI is InChI=1S/C15H24N2O2/c1-11(8-9-18)10-16-15(19)17-13(3)14-7-5-4-6-12(14)2/h4-7,11,13,18H,8-10H2,1-3H3,(H2,16,17,19). The third-order valence-electron chi connectivity index (χ3n) is 3.24. The van der Waals surface area contributed by atoms with Gasteiger partial charge in [-0.05, 0) is 37.3 Å². The Morgan fingerprint density at radius 2 is 2.00 bits per heavy atom. The molecule has 3 N–H and O–H groups in total. The monoisotopic (exact) mass is 264 g/mol. The molecule has 2 amide bonds. The average Bonchev–Trinajstić information content (AvgIpc) is 2.37. The lowest BCUT2D eigenvalue weighted by molar-refractivity contribution is 0.231. The first kappa shape index (κ1) is 15.5. The highest BCUT2D eigenvalue weighted by Gasteiger charge is 2.11. The maximum atomic E-state index is 11.8. The first-order valence-corrected chi connectivity index (χ1v) is 6.75. The Hall–Kier alpha value is -1.55. The van der Waals surface area contributed by atoms with E-state index in [0.717, 1.165) is 5.56 Å². The lowest BCUT2D eigenvalue weighted by Crippen LogP contribution is -2.39. The molecular weight excluding hydrogens is 240 g/mol. The largest absolute Gasteiger partial charge is 0.396 e. The fourth-order valence-corrected chi connectivity index (χ4v) is 1.99. The number of amides is 2. The Balaban J connectivity index is 2.42. The number of carbonyl (C=O) groups excluding carboxylic acids is 1. The summed E-state index contributed by atoms with van der Waals surface area (Å²) < 4.78 is 0. The highest BCUT2D eigenvalue weighted by molar-refractivity contribution is 5.74. The lowest BCUT2D eigenvalue weighted by Gasteiger charge is -2.18. The second-order valence-electron chi connectivity index (χ2n) is 5.05. The van der Waals surface area contributed by atoms with E-state index >= 15 is 0 Å². The van der Waals surface area contributed by atoms with Gasteiger partial charge in [0, 0.05) is 13.2 Å². The molecule has 0 heterocycles. The Morgan fingerprint density at radius 1 is 1.32 bits per heavy atom. The first-order valence-electron chi connectivity index (χ1n) is 6.75. The van der Waals surface area contributed by atoms with Crippen LogP contribution in [-0.2, 0) is 0 Å². The van der Waals surface area contributed by atoms with Crippen LogP contribution in [0.25, 0.3) is 0 Å². The second-order valence-corrected chi connectivity index (χ2v) is 5.05. The van der Waals surface area contributed by atoms with Crippen molar-refractivity contribution in [3.8, 4) is 0 Å². The summed E-state index contributed by atoms with van der Waals surface area (Å²) >= 11 is 0. The molecule has 0 radical (unpaired) electrons. The van der Waals surface area contributed by atoms with Crippen LogP contribution in [0.1, 0.15) is 37.4 Å². The number of aryl methyl sites for hydroxylation is 1. The van der Waals surface area contributed by atoms with E-state index in [1.54, 1.807) is 0 Å². The van der Waals surface area contributed by atoms with Gasteiger partial charge in [0.2, 0.25) is 0 Å². The topological polar surface area (TPSA) is 61.4 Å². The Morgan fingerprint density at radius 3 is 2.63 bits per heavy atom. The van der Waals surface area contributed by atoms with E-state index in [4.69, 9.17) is 5.11 Å². The van der Waals surface area contributed by atoms with Gasteiger partial charge in [-0.1, -0.05) is 31.2 Å². The molecule has 2 atom stereocenters. The molecule has 0 fully saturated rings. The number of hydrogen-bond donors (Lipinski definition) is 3. The van der Waals surface area contributed by atoms with Crippen molar-refractivity contribution in [3.05, 3.63) is 35.4 Å². The normalized spacial score (nSPS) is 13.7. The average molecular weight is 264 g/mol. The fourth-order valence-electron chi connectivity index (χ4n) is 1.99. The fraction of sp³-hybridized carbons (Fsp3) is 0.533. The van der Waals surface area contributed by atoms with Gasteiger partial charge in [-0.3, -0.25) is 0 Å². The highest BCUT2D eigenvalue weighted by Crippen LogP contribution is 2.16. The molecule has 0 bridgehead atoms. The zero-order valence-electron chi connectivity index (χ0n) is 11.9. The smallest absolute Gasteiger partial charge is 0.315 e. The van der Waals surface area contributed by atoms with Gasteiger partial charge in [0.25, 0.3) is 0 Å². The number of hydrogen-bond acceptors (Lipinski definition) is 2. The molecule has 0 saturated carbocycles. The van der Waals surface area contributed by atoms with E-state index in [2.05, 4.69) is 10.6 Å². The summed E-state index contributed by atoms with van der Waals surface area (Å²) in [7, 11) is 0. The zero-order valence-corrected chi connectivity index (χ0v) is 11.9. The number of benzene rings is 1. The minimum Gasteiger partial charge on any atom is -0.396 e. The van der Waals surface area contributed by atoms with E-state index in [9.17, 15) is 4.79 Å². The maximum Gasteiger partial charge on any atom is 0.315 e. The molecular formula is C15H24N2O2. The second kappa shape index (κ2) is 7.79. The molecule has 0 spiro atoms. The Kier molecular flexibility index (Phi) is 6.36. The summed E-state index contributed by atoms with van der Waals surface area (Å²) in [5.41, 5.74) is 2.30. The summed E-state index contributed by atoms with van der Waals surface area (Å²) in [6, 6.07) is 7.84. The molecule has 0 aliphatic carbocycles. The van der Waals surface area contributed by atoms with Crippen LogP contribution in [0, 0.1) is 12.8 Å². The number of rotatable bonds is 6. The van der Waals surface area contributed by atoms with Crippen LogP contribution < -0.4 is 10.6 Å². The molecule has 0 saturated heterocycles. The van der Waals surface area contributed by atoms with E-state index in [1.165, 1.54) is 5.56 Å². The van der Waals surface area contributed by atoms with Crippen molar-refractivity contribution in [2.75, 3.05) is 13.2 Å². The van der Waals surface area contributed by atoms with Crippen LogP contribution in [0.2, 0.25) is 0 Å². The third kappa shape index (κ3) is 5.30. The van der Waals surface area contributed by atoms with Gasteiger partial charge in [-0.25, -0.2) is 4.79 Å². The highest BCUT2D eigenvalue weighted by atomic mass is 16.3. The first-order chi connectivity index (χ1) is 9.04. The number of carbonyl (C=O) groups is 1. The van der Waals surface area contributed by atoms with E-state index in [0.29, 0.717) is 13.0 Å². The molecule has 0 aliphatic heterocycles. The van der Waals surface area contributed by atoms with Crippen LogP contribution in [0.15, 0.2) is 24.3 Å². The van der Waals surface area contributed by atoms with Crippen LogP contribution in [0.5, 0.6) is 0 Å². The summed E-state index contributed by atoms with van der Waals surface area (Å²) in [6.45, 7) is 6.74. The summed E-state index contributed by atoms with van der Waals surface area (Å²) in [5, 5.41) is 14.5. The molecule has 2 unspecified atom stereocenters. The minimum absolute atomic E-state index is 0.0191. The molecule has 19 heavy (non-hydrogen) atoms. The number of nitrogens with one attached hydrogen (secondary N) is 2.